The summed E-state index contributed by atoms with van der Waals surface area (Å²) in [7, 11) is 0. The molecule has 5 heteroatoms. The molecule has 0 heterocycles. The van der Waals surface area contributed by atoms with Crippen LogP contribution in [0.2, 0.25) is 0 Å². The van der Waals surface area contributed by atoms with Gasteiger partial charge in [-0.15, -0.1) is 0 Å². The number of rotatable bonds is 1. The van der Waals surface area contributed by atoms with Crippen LogP contribution in [0.4, 0.5) is 23.2 Å². The molecule has 0 aromatic heterocycles. The molecule has 0 bridgehead atoms. The van der Waals surface area contributed by atoms with Crippen LogP contribution in [0.5, 0.6) is 0 Å². The van der Waals surface area contributed by atoms with Crippen LogP contribution >= 0.6 is 0 Å². The molecule has 2 N–H and O–H groups in total. The highest BCUT2D eigenvalue weighted by atomic mass is 19.4. The molecule has 0 atom stereocenters. The van der Waals surface area contributed by atoms with E-state index in [2.05, 4.69) is 0 Å². The fourth-order valence-corrected chi connectivity index (χ4v) is 1.79. The first-order valence-electron chi connectivity index (χ1n) is 5.53. The van der Waals surface area contributed by atoms with Gasteiger partial charge in [0.25, 0.3) is 0 Å². The van der Waals surface area contributed by atoms with Gasteiger partial charge in [-0.1, -0.05) is 12.1 Å². The van der Waals surface area contributed by atoms with E-state index in [1.807, 2.05) is 0 Å². The number of anilines is 1. The number of hydrogen-bond donors (Lipinski definition) is 1. The highest BCUT2D eigenvalue weighted by molar-refractivity contribution is 5.69. The topological polar surface area (TPSA) is 26.0 Å². The maximum Gasteiger partial charge on any atom is 0.416 e. The molecule has 0 fully saturated rings. The first kappa shape index (κ1) is 13.4. The summed E-state index contributed by atoms with van der Waals surface area (Å²) < 4.78 is 51.9. The highest BCUT2D eigenvalue weighted by Crippen LogP contribution is 2.34. The summed E-state index contributed by atoms with van der Waals surface area (Å²) in [5.41, 5.74) is 5.53. The average Bonchev–Trinajstić information content (AvgIpc) is 2.35. The summed E-state index contributed by atoms with van der Waals surface area (Å²) in [6.07, 6.45) is -4.45. The Balaban J connectivity index is 2.57. The fourth-order valence-electron chi connectivity index (χ4n) is 1.79. The number of nitrogens with two attached hydrogens (primary N) is 1. The van der Waals surface area contributed by atoms with Crippen molar-refractivity contribution in [2.45, 2.75) is 13.1 Å². The molecule has 2 aromatic carbocycles. The minimum atomic E-state index is -4.45. The molecular weight excluding hydrogens is 258 g/mol. The van der Waals surface area contributed by atoms with E-state index in [0.717, 1.165) is 12.1 Å². The monoisotopic (exact) mass is 269 g/mol. The van der Waals surface area contributed by atoms with Crippen molar-refractivity contribution in [1.29, 1.82) is 0 Å². The predicted molar refractivity (Wildman–Crippen MR) is 66.0 cm³/mol. The molecule has 0 unspecified atom stereocenters. The number of benzene rings is 2. The number of halogens is 4. The Morgan fingerprint density at radius 3 is 2.37 bits per heavy atom. The third-order valence-electron chi connectivity index (χ3n) is 2.93. The Morgan fingerprint density at radius 1 is 1.05 bits per heavy atom. The van der Waals surface area contributed by atoms with Crippen molar-refractivity contribution < 1.29 is 17.6 Å². The Hall–Kier alpha value is -2.04. The lowest BCUT2D eigenvalue weighted by Crippen LogP contribution is -2.04. The number of nitrogen functional groups attached to an aromatic ring is 1. The minimum absolute atomic E-state index is 0.109. The first-order chi connectivity index (χ1) is 8.80. The molecule has 0 saturated carbocycles. The molecule has 0 aliphatic heterocycles. The van der Waals surface area contributed by atoms with Gasteiger partial charge in [-0.25, -0.2) is 4.39 Å². The van der Waals surface area contributed by atoms with E-state index in [0.29, 0.717) is 0 Å². The van der Waals surface area contributed by atoms with Gasteiger partial charge in [0.1, 0.15) is 5.82 Å². The second-order valence-electron chi connectivity index (χ2n) is 4.22. The van der Waals surface area contributed by atoms with Crippen LogP contribution in [0.3, 0.4) is 0 Å². The lowest BCUT2D eigenvalue weighted by molar-refractivity contribution is -0.137. The Labute approximate surface area is 107 Å². The Bertz CT molecular complexity index is 617. The first-order valence-corrected chi connectivity index (χ1v) is 5.53. The summed E-state index contributed by atoms with van der Waals surface area (Å²) in [6.45, 7) is 1.49. The van der Waals surface area contributed by atoms with Gasteiger partial charge in [0.2, 0.25) is 0 Å². The van der Waals surface area contributed by atoms with E-state index in [1.54, 1.807) is 0 Å². The van der Waals surface area contributed by atoms with E-state index in [-0.39, 0.29) is 22.4 Å². The van der Waals surface area contributed by atoms with Crippen LogP contribution in [-0.2, 0) is 6.18 Å². The van der Waals surface area contributed by atoms with Crippen molar-refractivity contribution in [3.63, 3.8) is 0 Å². The molecule has 19 heavy (non-hydrogen) atoms. The van der Waals surface area contributed by atoms with Gasteiger partial charge in [-0.3, -0.25) is 0 Å². The van der Waals surface area contributed by atoms with Crippen molar-refractivity contribution in [3.8, 4) is 11.1 Å². The third kappa shape index (κ3) is 2.54. The molecule has 0 saturated heterocycles. The van der Waals surface area contributed by atoms with Crippen LogP contribution in [0.1, 0.15) is 11.1 Å². The molecule has 1 nitrogen and oxygen atoms in total. The lowest BCUT2D eigenvalue weighted by atomic mass is 9.99. The van der Waals surface area contributed by atoms with E-state index >= 15 is 0 Å². The van der Waals surface area contributed by atoms with Gasteiger partial charge < -0.3 is 5.73 Å². The van der Waals surface area contributed by atoms with Crippen molar-refractivity contribution in [2.75, 3.05) is 5.73 Å². The number of hydrogen-bond acceptors (Lipinski definition) is 1. The predicted octanol–water partition coefficient (Wildman–Crippen LogP) is 4.40. The summed E-state index contributed by atoms with van der Waals surface area (Å²) >= 11 is 0. The van der Waals surface area contributed by atoms with Gasteiger partial charge in [0, 0.05) is 16.8 Å². The highest BCUT2D eigenvalue weighted by Gasteiger charge is 2.30. The average molecular weight is 269 g/mol. The standard InChI is InChI=1S/C14H11F4N/c1-8-12(19)6-5-11(13(8)15)9-3-2-4-10(7-9)14(16,17)18/h2-7H,19H2,1H3. The molecular formula is C14H11F4N. The van der Waals surface area contributed by atoms with Crippen LogP contribution in [-0.4, -0.2) is 0 Å². The molecule has 2 rings (SSSR count). The van der Waals surface area contributed by atoms with E-state index in [4.69, 9.17) is 5.73 Å². The van der Waals surface area contributed by atoms with Gasteiger partial charge >= 0.3 is 6.18 Å². The summed E-state index contributed by atoms with van der Waals surface area (Å²) in [6, 6.07) is 7.42. The smallest absolute Gasteiger partial charge is 0.398 e. The SMILES string of the molecule is Cc1c(N)ccc(-c2cccc(C(F)(F)F)c2)c1F. The van der Waals surface area contributed by atoms with Gasteiger partial charge in [-0.05, 0) is 36.8 Å². The van der Waals surface area contributed by atoms with Gasteiger partial charge in [0.05, 0.1) is 5.56 Å². The fraction of sp³-hybridized carbons (Fsp3) is 0.143. The molecule has 100 valence electrons. The maximum atomic E-state index is 14.0. The third-order valence-corrected chi connectivity index (χ3v) is 2.93. The zero-order valence-corrected chi connectivity index (χ0v) is 10.1. The van der Waals surface area contributed by atoms with Crippen molar-refractivity contribution in [1.82, 2.24) is 0 Å². The minimum Gasteiger partial charge on any atom is -0.398 e. The van der Waals surface area contributed by atoms with Crippen LogP contribution < -0.4 is 5.73 Å². The van der Waals surface area contributed by atoms with Gasteiger partial charge in [-0.2, -0.15) is 13.2 Å². The largest absolute Gasteiger partial charge is 0.416 e. The van der Waals surface area contributed by atoms with Crippen LogP contribution in [0.25, 0.3) is 11.1 Å². The van der Waals surface area contributed by atoms with Crippen LogP contribution in [0.15, 0.2) is 36.4 Å². The molecule has 2 aromatic rings. The summed E-state index contributed by atoms with van der Waals surface area (Å²) in [5, 5.41) is 0. The van der Waals surface area contributed by atoms with E-state index < -0.39 is 17.6 Å². The second kappa shape index (κ2) is 4.57. The molecule has 0 amide bonds. The van der Waals surface area contributed by atoms with E-state index in [1.165, 1.54) is 31.2 Å². The van der Waals surface area contributed by atoms with E-state index in [9.17, 15) is 17.6 Å². The van der Waals surface area contributed by atoms with Crippen molar-refractivity contribution >= 4 is 5.69 Å². The maximum absolute atomic E-state index is 14.0. The zero-order valence-electron chi connectivity index (χ0n) is 10.1. The van der Waals surface area contributed by atoms with Crippen LogP contribution in [0, 0.1) is 12.7 Å². The molecule has 0 aliphatic carbocycles. The Kier molecular flexibility index (Phi) is 3.22. The second-order valence-corrected chi connectivity index (χ2v) is 4.22. The zero-order chi connectivity index (χ0) is 14.2. The van der Waals surface area contributed by atoms with Crippen molar-refractivity contribution in [3.05, 3.63) is 53.3 Å². The molecule has 0 radical (unpaired) electrons. The van der Waals surface area contributed by atoms with Crippen molar-refractivity contribution in [2.24, 2.45) is 0 Å². The summed E-state index contributed by atoms with van der Waals surface area (Å²) in [4.78, 5) is 0. The lowest BCUT2D eigenvalue weighted by Gasteiger charge is -2.11. The summed E-state index contributed by atoms with van der Waals surface area (Å²) in [5.74, 6) is -0.598. The Morgan fingerprint density at radius 2 is 1.74 bits per heavy atom. The molecule has 0 spiro atoms. The quantitative estimate of drug-likeness (QED) is 0.602. The number of alkyl halides is 3. The normalized spacial score (nSPS) is 11.6. The van der Waals surface area contributed by atoms with Gasteiger partial charge in [0.15, 0.2) is 0 Å². The molecule has 0 aliphatic rings.